The molecule has 0 saturated heterocycles. The Labute approximate surface area is 112 Å². The molecule has 2 aromatic carbocycles. The lowest BCUT2D eigenvalue weighted by molar-refractivity contribution is 0.0901. The topological polar surface area (TPSA) is 17.1 Å². The van der Waals surface area contributed by atoms with Gasteiger partial charge in [-0.25, -0.2) is 4.39 Å². The molecule has 2 aromatic rings. The first-order chi connectivity index (χ1) is 9.24. The van der Waals surface area contributed by atoms with E-state index in [1.165, 1.54) is 12.1 Å². The van der Waals surface area contributed by atoms with Gasteiger partial charge in [-0.05, 0) is 42.5 Å². The molecule has 0 heterocycles. The monoisotopic (exact) mass is 254 g/mol. The highest BCUT2D eigenvalue weighted by Crippen LogP contribution is 2.27. The van der Waals surface area contributed by atoms with Gasteiger partial charge in [-0.1, -0.05) is 36.4 Å². The molecule has 1 atom stereocenters. The number of ketones is 1. The lowest BCUT2D eigenvalue weighted by Crippen LogP contribution is -2.24. The standard InChI is InChI=1S/C17H15FO/c18-15-6-3-4-12(11-15)10-14-9-8-13-5-1-2-7-16(13)17(14)19/h1-7,11,14H,8-10H2. The van der Waals surface area contributed by atoms with E-state index in [0.717, 1.165) is 29.5 Å². The van der Waals surface area contributed by atoms with Crippen molar-refractivity contribution >= 4 is 5.78 Å². The quantitative estimate of drug-likeness (QED) is 0.796. The van der Waals surface area contributed by atoms with E-state index in [9.17, 15) is 9.18 Å². The van der Waals surface area contributed by atoms with Gasteiger partial charge in [0.05, 0.1) is 0 Å². The lowest BCUT2D eigenvalue weighted by atomic mass is 9.80. The Morgan fingerprint density at radius 2 is 1.95 bits per heavy atom. The van der Waals surface area contributed by atoms with Crippen LogP contribution >= 0.6 is 0 Å². The summed E-state index contributed by atoms with van der Waals surface area (Å²) in [6, 6.07) is 14.3. The molecule has 0 fully saturated rings. The molecule has 0 N–H and O–H groups in total. The Kier molecular flexibility index (Phi) is 3.16. The average Bonchev–Trinajstić information content (AvgIpc) is 2.42. The highest BCUT2D eigenvalue weighted by atomic mass is 19.1. The van der Waals surface area contributed by atoms with E-state index in [1.807, 2.05) is 30.3 Å². The minimum Gasteiger partial charge on any atom is -0.294 e. The van der Waals surface area contributed by atoms with Crippen LogP contribution in [0.1, 0.15) is 27.9 Å². The number of hydrogen-bond donors (Lipinski definition) is 0. The summed E-state index contributed by atoms with van der Waals surface area (Å²) < 4.78 is 13.2. The highest BCUT2D eigenvalue weighted by Gasteiger charge is 2.26. The molecule has 0 amide bonds. The van der Waals surface area contributed by atoms with E-state index in [-0.39, 0.29) is 17.5 Å². The fourth-order valence-corrected chi connectivity index (χ4v) is 2.80. The van der Waals surface area contributed by atoms with Crippen LogP contribution < -0.4 is 0 Å². The normalized spacial score (nSPS) is 18.2. The van der Waals surface area contributed by atoms with Gasteiger partial charge in [0, 0.05) is 11.5 Å². The molecule has 19 heavy (non-hydrogen) atoms. The van der Waals surface area contributed by atoms with Crippen molar-refractivity contribution in [3.8, 4) is 0 Å². The molecule has 0 aliphatic heterocycles. The van der Waals surface area contributed by atoms with Crippen LogP contribution in [0.2, 0.25) is 0 Å². The Morgan fingerprint density at radius 3 is 2.79 bits per heavy atom. The molecule has 1 aliphatic carbocycles. The molecule has 0 spiro atoms. The van der Waals surface area contributed by atoms with Crippen molar-refractivity contribution in [2.24, 2.45) is 5.92 Å². The van der Waals surface area contributed by atoms with Crippen LogP contribution in [0.3, 0.4) is 0 Å². The molecule has 0 bridgehead atoms. The van der Waals surface area contributed by atoms with Gasteiger partial charge in [0.2, 0.25) is 0 Å². The number of rotatable bonds is 2. The van der Waals surface area contributed by atoms with E-state index in [2.05, 4.69) is 0 Å². The maximum Gasteiger partial charge on any atom is 0.166 e. The second-order valence-electron chi connectivity index (χ2n) is 5.09. The largest absolute Gasteiger partial charge is 0.294 e. The van der Waals surface area contributed by atoms with Crippen molar-refractivity contribution in [2.45, 2.75) is 19.3 Å². The zero-order chi connectivity index (χ0) is 13.2. The van der Waals surface area contributed by atoms with Crippen LogP contribution in [0.25, 0.3) is 0 Å². The maximum atomic E-state index is 13.2. The van der Waals surface area contributed by atoms with Gasteiger partial charge >= 0.3 is 0 Å². The van der Waals surface area contributed by atoms with Gasteiger partial charge in [-0.15, -0.1) is 0 Å². The number of aryl methyl sites for hydroxylation is 1. The molecule has 0 saturated carbocycles. The fourth-order valence-electron chi connectivity index (χ4n) is 2.80. The first-order valence-electron chi connectivity index (χ1n) is 6.60. The molecule has 1 nitrogen and oxygen atoms in total. The number of Topliss-reactive ketones (excluding diaryl/α,β-unsaturated/α-hetero) is 1. The second-order valence-corrected chi connectivity index (χ2v) is 5.09. The third kappa shape index (κ3) is 2.43. The van der Waals surface area contributed by atoms with Crippen LogP contribution in [0.15, 0.2) is 48.5 Å². The van der Waals surface area contributed by atoms with Crippen molar-refractivity contribution in [1.29, 1.82) is 0 Å². The zero-order valence-electron chi connectivity index (χ0n) is 10.6. The Hall–Kier alpha value is -1.96. The number of halogens is 1. The third-order valence-corrected chi connectivity index (χ3v) is 3.79. The number of benzene rings is 2. The molecule has 0 radical (unpaired) electrons. The fraction of sp³-hybridized carbons (Fsp3) is 0.235. The van der Waals surface area contributed by atoms with Crippen molar-refractivity contribution < 1.29 is 9.18 Å². The highest BCUT2D eigenvalue weighted by molar-refractivity contribution is 6.00. The lowest BCUT2D eigenvalue weighted by Gasteiger charge is -2.23. The summed E-state index contributed by atoms with van der Waals surface area (Å²) in [5.41, 5.74) is 2.89. The van der Waals surface area contributed by atoms with Gasteiger partial charge in [0.15, 0.2) is 5.78 Å². The average molecular weight is 254 g/mol. The first kappa shape index (κ1) is 12.1. The summed E-state index contributed by atoms with van der Waals surface area (Å²) in [5, 5.41) is 0. The smallest absolute Gasteiger partial charge is 0.166 e. The van der Waals surface area contributed by atoms with E-state index in [4.69, 9.17) is 0 Å². The number of fused-ring (bicyclic) bond motifs is 1. The molecule has 1 aliphatic rings. The third-order valence-electron chi connectivity index (χ3n) is 3.79. The molecule has 1 unspecified atom stereocenters. The minimum absolute atomic E-state index is 0.0169. The van der Waals surface area contributed by atoms with E-state index in [1.54, 1.807) is 6.07 Å². The predicted molar refractivity (Wildman–Crippen MR) is 72.7 cm³/mol. The molecule has 0 aromatic heterocycles. The maximum absolute atomic E-state index is 13.2. The zero-order valence-corrected chi connectivity index (χ0v) is 10.6. The molecule has 3 rings (SSSR count). The molecule has 96 valence electrons. The molecular formula is C17H15FO. The van der Waals surface area contributed by atoms with Gasteiger partial charge in [0.25, 0.3) is 0 Å². The van der Waals surface area contributed by atoms with Crippen molar-refractivity contribution in [3.05, 3.63) is 71.0 Å². The van der Waals surface area contributed by atoms with Gasteiger partial charge < -0.3 is 0 Å². The summed E-state index contributed by atoms with van der Waals surface area (Å²) in [5.74, 6) is -0.0519. The van der Waals surface area contributed by atoms with Gasteiger partial charge in [-0.3, -0.25) is 4.79 Å². The van der Waals surface area contributed by atoms with Crippen molar-refractivity contribution in [1.82, 2.24) is 0 Å². The predicted octanol–water partition coefficient (Wildman–Crippen LogP) is 3.81. The summed E-state index contributed by atoms with van der Waals surface area (Å²) in [6.45, 7) is 0. The van der Waals surface area contributed by atoms with Crippen LogP contribution in [0.4, 0.5) is 4.39 Å². The molecular weight excluding hydrogens is 239 g/mol. The van der Waals surface area contributed by atoms with Crippen LogP contribution in [-0.4, -0.2) is 5.78 Å². The van der Waals surface area contributed by atoms with E-state index < -0.39 is 0 Å². The van der Waals surface area contributed by atoms with E-state index in [0.29, 0.717) is 6.42 Å². The summed E-state index contributed by atoms with van der Waals surface area (Å²) in [6.07, 6.45) is 2.42. The SMILES string of the molecule is O=C1c2ccccc2CCC1Cc1cccc(F)c1. The summed E-state index contributed by atoms with van der Waals surface area (Å²) in [4.78, 5) is 12.4. The van der Waals surface area contributed by atoms with Gasteiger partial charge in [0.1, 0.15) is 5.82 Å². The Balaban J connectivity index is 1.83. The van der Waals surface area contributed by atoms with E-state index >= 15 is 0 Å². The van der Waals surface area contributed by atoms with Gasteiger partial charge in [-0.2, -0.15) is 0 Å². The second kappa shape index (κ2) is 4.96. The summed E-state index contributed by atoms with van der Waals surface area (Å²) in [7, 11) is 0. The van der Waals surface area contributed by atoms with Crippen molar-refractivity contribution in [3.63, 3.8) is 0 Å². The number of hydrogen-bond acceptors (Lipinski definition) is 1. The van der Waals surface area contributed by atoms with Crippen molar-refractivity contribution in [2.75, 3.05) is 0 Å². The minimum atomic E-state index is -0.235. The number of carbonyl (C=O) groups is 1. The van der Waals surface area contributed by atoms with Crippen LogP contribution in [0.5, 0.6) is 0 Å². The molecule has 2 heteroatoms. The summed E-state index contributed by atoms with van der Waals surface area (Å²) >= 11 is 0. The number of carbonyl (C=O) groups excluding carboxylic acids is 1. The first-order valence-corrected chi connectivity index (χ1v) is 6.60. The Morgan fingerprint density at radius 1 is 1.11 bits per heavy atom. The van der Waals surface area contributed by atoms with Crippen LogP contribution in [-0.2, 0) is 12.8 Å². The Bertz CT molecular complexity index is 618. The van der Waals surface area contributed by atoms with Crippen LogP contribution in [0, 0.1) is 11.7 Å².